The highest BCUT2D eigenvalue weighted by Gasteiger charge is 2.55. The molecule has 6 rings (SSSR count). The number of ketones is 1. The zero-order valence-electron chi connectivity index (χ0n) is 27.3. The van der Waals surface area contributed by atoms with Gasteiger partial charge in [-0.15, -0.1) is 0 Å². The Bertz CT molecular complexity index is 1860. The third kappa shape index (κ3) is 6.01. The number of nitrogens with zero attached hydrogens (tertiary/aromatic N) is 2. The number of likely N-dealkylation sites (tertiary alicyclic amines) is 1. The van der Waals surface area contributed by atoms with Crippen LogP contribution >= 0.6 is 6.89 Å². The summed E-state index contributed by atoms with van der Waals surface area (Å²) in [5.41, 5.74) is 0.874. The Morgan fingerprint density at radius 3 is 2.00 bits per heavy atom. The van der Waals surface area contributed by atoms with Crippen molar-refractivity contribution in [2.75, 3.05) is 25.2 Å². The maximum Gasteiger partial charge on any atom is 0.356 e. The van der Waals surface area contributed by atoms with E-state index in [4.69, 9.17) is 9.47 Å². The van der Waals surface area contributed by atoms with Gasteiger partial charge in [-0.1, -0.05) is 104 Å². The first-order valence-corrected chi connectivity index (χ1v) is 17.8. The number of Topliss-reactive ketones (excluding diaryl/α,β-unsaturated/α-hetero) is 1. The van der Waals surface area contributed by atoms with Crippen LogP contribution in [0.1, 0.15) is 23.7 Å². The second-order valence-corrected chi connectivity index (χ2v) is 15.3. The number of aliphatic hydroxyl groups is 1. The standard InChI is InChI=1S/C39H37N2O7P/c1-4-22-47-39(46)38(49(28-14-8-5-9-15-28,29-16-10-6-11-17-29)30-18-12-7-13-19-30)41-32(36(26(2)42)37(41)45)24-33(43)27-20-21-34-31(23-27)40(3)35(44)25-48-34/h4-21,23,26,32,36,42H,1,22,24-25H2,2-3H3/t26-,32-,36-/m1/s1. The molecule has 0 spiro atoms. The lowest BCUT2D eigenvalue weighted by Crippen LogP contribution is -2.68. The predicted molar refractivity (Wildman–Crippen MR) is 191 cm³/mol. The first-order chi connectivity index (χ1) is 23.7. The zero-order chi connectivity index (χ0) is 34.7. The molecule has 1 N–H and O–H groups in total. The molecule has 2 aliphatic heterocycles. The minimum absolute atomic E-state index is 0.0956. The molecular formula is C39H37N2O7P. The largest absolute Gasteiger partial charge is 0.482 e. The predicted octanol–water partition coefficient (Wildman–Crippen LogP) is 3.68. The number of carbonyl (C=O) groups excluding carboxylic acids is 4. The van der Waals surface area contributed by atoms with Crippen LogP contribution in [0.3, 0.4) is 0 Å². The van der Waals surface area contributed by atoms with Gasteiger partial charge in [-0.25, -0.2) is 4.79 Å². The summed E-state index contributed by atoms with van der Waals surface area (Å²) in [5.74, 6) is -2.25. The molecule has 1 saturated heterocycles. The maximum atomic E-state index is 14.6. The highest BCUT2D eigenvalue weighted by Crippen LogP contribution is 2.50. The Hall–Kier alpha value is -5.24. The number of hydrogen-bond donors (Lipinski definition) is 1. The molecule has 250 valence electrons. The summed E-state index contributed by atoms with van der Waals surface area (Å²) in [4.78, 5) is 58.1. The van der Waals surface area contributed by atoms with Crippen LogP contribution < -0.4 is 25.6 Å². The fraction of sp³-hybridized carbons (Fsp3) is 0.205. The molecule has 0 radical (unpaired) electrons. The number of hydrogen-bond acceptors (Lipinski definition) is 7. The number of anilines is 1. The summed E-state index contributed by atoms with van der Waals surface area (Å²) >= 11 is 0. The molecule has 2 amide bonds. The van der Waals surface area contributed by atoms with E-state index in [0.29, 0.717) is 17.0 Å². The molecule has 0 aromatic heterocycles. The van der Waals surface area contributed by atoms with E-state index >= 15 is 0 Å². The molecule has 2 aliphatic rings. The average molecular weight is 677 g/mol. The number of carbonyl (C=O) groups is 4. The molecule has 0 aliphatic carbocycles. The summed E-state index contributed by atoms with van der Waals surface area (Å²) in [6, 6.07) is 32.6. The summed E-state index contributed by atoms with van der Waals surface area (Å²) in [5, 5.41) is 13.3. The van der Waals surface area contributed by atoms with Crippen LogP contribution in [0.2, 0.25) is 0 Å². The second kappa shape index (κ2) is 14.1. The Balaban J connectivity index is 1.60. The van der Waals surface area contributed by atoms with Gasteiger partial charge in [0.1, 0.15) is 17.8 Å². The number of aliphatic hydroxyl groups excluding tert-OH is 1. The molecule has 49 heavy (non-hydrogen) atoms. The van der Waals surface area contributed by atoms with Crippen LogP contribution in [0.5, 0.6) is 5.75 Å². The minimum Gasteiger partial charge on any atom is -0.482 e. The van der Waals surface area contributed by atoms with E-state index in [1.807, 2.05) is 91.0 Å². The normalized spacial score (nSPS) is 17.7. The Kier molecular flexibility index (Phi) is 9.67. The van der Waals surface area contributed by atoms with Crippen molar-refractivity contribution in [3.63, 3.8) is 0 Å². The van der Waals surface area contributed by atoms with Gasteiger partial charge in [0.05, 0.1) is 23.8 Å². The molecule has 0 saturated carbocycles. The molecule has 2 heterocycles. The van der Waals surface area contributed by atoms with Gasteiger partial charge in [0.15, 0.2) is 12.4 Å². The number of fused-ring (bicyclic) bond motifs is 1. The van der Waals surface area contributed by atoms with E-state index in [-0.39, 0.29) is 36.7 Å². The Morgan fingerprint density at radius 1 is 0.939 bits per heavy atom. The third-order valence-electron chi connectivity index (χ3n) is 9.04. The molecule has 0 unspecified atom stereocenters. The van der Waals surface area contributed by atoms with Crippen LogP contribution in [-0.2, 0) is 19.1 Å². The number of rotatable bonds is 11. The van der Waals surface area contributed by atoms with Crippen LogP contribution in [0.15, 0.2) is 122 Å². The number of β-lactam (4-membered cyclic amide) rings is 1. The average Bonchev–Trinajstić information content (AvgIpc) is 3.12. The fourth-order valence-electron chi connectivity index (χ4n) is 6.69. The van der Waals surface area contributed by atoms with Gasteiger partial charge < -0.3 is 24.4 Å². The SMILES string of the molecule is C=CCOC(=O)C(N1C(=O)[C@H]([C@@H](C)O)[C@H]1CC(=O)c1ccc2c(c1)N(C)C(=O)CO2)=P(c1ccccc1)(c1ccccc1)c1ccccc1. The highest BCUT2D eigenvalue weighted by atomic mass is 31.2. The topological polar surface area (TPSA) is 113 Å². The van der Waals surface area contributed by atoms with Crippen molar-refractivity contribution in [2.45, 2.75) is 25.5 Å². The molecule has 10 heteroatoms. The highest BCUT2D eigenvalue weighted by molar-refractivity contribution is 7.96. The summed E-state index contributed by atoms with van der Waals surface area (Å²) in [6.45, 7) is 1.83. The van der Waals surface area contributed by atoms with Crippen LogP contribution in [-0.4, -0.2) is 71.4 Å². The number of esters is 1. The minimum atomic E-state index is -3.20. The van der Waals surface area contributed by atoms with Gasteiger partial charge in [-0.3, -0.25) is 14.4 Å². The number of benzene rings is 4. The van der Waals surface area contributed by atoms with Crippen molar-refractivity contribution in [1.29, 1.82) is 0 Å². The van der Waals surface area contributed by atoms with Crippen LogP contribution in [0, 0.1) is 5.92 Å². The lowest BCUT2D eigenvalue weighted by atomic mass is 9.79. The van der Waals surface area contributed by atoms with Gasteiger partial charge in [-0.2, -0.15) is 0 Å². The van der Waals surface area contributed by atoms with Crippen molar-refractivity contribution in [3.05, 3.63) is 127 Å². The van der Waals surface area contributed by atoms with Crippen LogP contribution in [0.25, 0.3) is 0 Å². The second-order valence-electron chi connectivity index (χ2n) is 12.0. The molecule has 1 fully saturated rings. The fourth-order valence-corrected chi connectivity index (χ4v) is 11.1. The molecule has 3 atom stereocenters. The molecule has 4 aromatic rings. The van der Waals surface area contributed by atoms with E-state index in [9.17, 15) is 24.3 Å². The van der Waals surface area contributed by atoms with Crippen molar-refractivity contribution < 1.29 is 33.8 Å². The Labute approximate surface area is 285 Å². The molecule has 4 aromatic carbocycles. The summed E-state index contributed by atoms with van der Waals surface area (Å²) < 4.78 is 11.3. The van der Waals surface area contributed by atoms with Crippen molar-refractivity contribution in [3.8, 4) is 5.75 Å². The van der Waals surface area contributed by atoms with E-state index in [2.05, 4.69) is 6.58 Å². The van der Waals surface area contributed by atoms with Crippen LogP contribution in [0.4, 0.5) is 5.69 Å². The number of likely N-dealkylation sites (N-methyl/N-ethyl adjacent to an activating group) is 1. The van der Waals surface area contributed by atoms with Gasteiger partial charge in [0.2, 0.25) is 5.91 Å². The van der Waals surface area contributed by atoms with Gasteiger partial charge in [-0.05, 0) is 41.0 Å². The zero-order valence-corrected chi connectivity index (χ0v) is 28.2. The molecular weight excluding hydrogens is 639 g/mol. The van der Waals surface area contributed by atoms with E-state index in [1.54, 1.807) is 25.2 Å². The summed E-state index contributed by atoms with van der Waals surface area (Å²) in [6.07, 6.45) is 0.155. The quantitative estimate of drug-likeness (QED) is 0.0849. The first kappa shape index (κ1) is 33.7. The number of amides is 2. The van der Waals surface area contributed by atoms with Gasteiger partial charge in [0, 0.05) is 25.9 Å². The Morgan fingerprint density at radius 2 is 1.49 bits per heavy atom. The first-order valence-electron chi connectivity index (χ1n) is 16.0. The number of ether oxygens (including phenoxy) is 2. The maximum absolute atomic E-state index is 14.6. The lowest BCUT2D eigenvalue weighted by Gasteiger charge is -2.50. The van der Waals surface area contributed by atoms with E-state index in [0.717, 1.165) is 15.9 Å². The summed E-state index contributed by atoms with van der Waals surface area (Å²) in [7, 11) is 1.61. The molecule has 0 bridgehead atoms. The monoisotopic (exact) mass is 676 g/mol. The lowest BCUT2D eigenvalue weighted by molar-refractivity contribution is -0.157. The van der Waals surface area contributed by atoms with Gasteiger partial charge in [0.25, 0.3) is 5.91 Å². The van der Waals surface area contributed by atoms with Crippen molar-refractivity contribution in [2.24, 2.45) is 5.92 Å². The smallest absolute Gasteiger partial charge is 0.356 e. The van der Waals surface area contributed by atoms with Gasteiger partial charge >= 0.3 is 5.97 Å². The van der Waals surface area contributed by atoms with Crippen molar-refractivity contribution in [1.82, 2.24) is 4.90 Å². The van der Waals surface area contributed by atoms with E-state index < -0.39 is 36.8 Å². The third-order valence-corrected chi connectivity index (χ3v) is 13.3. The molecule has 9 nitrogen and oxygen atoms in total. The van der Waals surface area contributed by atoms with Crippen molar-refractivity contribution >= 4 is 57.5 Å². The van der Waals surface area contributed by atoms with E-state index in [1.165, 1.54) is 22.8 Å².